The van der Waals surface area contributed by atoms with Gasteiger partial charge in [-0.1, -0.05) is 17.7 Å². The van der Waals surface area contributed by atoms with Crippen LogP contribution in [-0.2, 0) is 4.79 Å². The van der Waals surface area contributed by atoms with Crippen LogP contribution in [0.1, 0.15) is 12.5 Å². The third-order valence-electron chi connectivity index (χ3n) is 2.31. The maximum Gasteiger partial charge on any atom is 0.323 e. The van der Waals surface area contributed by atoms with E-state index in [0.717, 1.165) is 12.5 Å². The number of carbonyl (C=O) groups excluding carboxylic acids is 1. The van der Waals surface area contributed by atoms with Crippen molar-refractivity contribution < 1.29 is 14.7 Å². The van der Waals surface area contributed by atoms with Gasteiger partial charge in [0, 0.05) is 25.0 Å². The number of pyridine rings is 1. The molecule has 1 aromatic carbocycles. The Balaban J connectivity index is 0.000000541. The van der Waals surface area contributed by atoms with Crippen LogP contribution in [0.3, 0.4) is 0 Å². The summed E-state index contributed by atoms with van der Waals surface area (Å²) in [4.78, 5) is 24.6. The van der Waals surface area contributed by atoms with Crippen LogP contribution in [-0.4, -0.2) is 22.1 Å². The Kier molecular flexibility index (Phi) is 6.85. The molecule has 22 heavy (non-hydrogen) atoms. The van der Waals surface area contributed by atoms with Crippen molar-refractivity contribution in [1.82, 2.24) is 4.98 Å². The number of aromatic nitrogens is 1. The number of halogens is 1. The lowest BCUT2D eigenvalue weighted by atomic mass is 10.2. The van der Waals surface area contributed by atoms with Gasteiger partial charge in [0.1, 0.15) is 0 Å². The summed E-state index contributed by atoms with van der Waals surface area (Å²) in [6, 6.07) is 8.52. The van der Waals surface area contributed by atoms with Crippen LogP contribution in [0.5, 0.6) is 0 Å². The third-order valence-corrected chi connectivity index (χ3v) is 2.64. The highest BCUT2D eigenvalue weighted by molar-refractivity contribution is 6.33. The highest BCUT2D eigenvalue weighted by atomic mass is 35.5. The normalized spacial score (nSPS) is 9.23. The van der Waals surface area contributed by atoms with Gasteiger partial charge in [-0.2, -0.15) is 0 Å². The van der Waals surface area contributed by atoms with Gasteiger partial charge in [-0.3, -0.25) is 9.78 Å². The summed E-state index contributed by atoms with van der Waals surface area (Å²) >= 11 is 5.99. The molecule has 6 nitrogen and oxygen atoms in total. The van der Waals surface area contributed by atoms with Crippen LogP contribution in [0, 0.1) is 6.92 Å². The van der Waals surface area contributed by atoms with Crippen molar-refractivity contribution >= 4 is 35.0 Å². The zero-order valence-corrected chi connectivity index (χ0v) is 12.9. The zero-order valence-electron chi connectivity index (χ0n) is 12.1. The van der Waals surface area contributed by atoms with E-state index in [-0.39, 0.29) is 6.03 Å². The van der Waals surface area contributed by atoms with Crippen LogP contribution in [0.4, 0.5) is 16.2 Å². The Morgan fingerprint density at radius 2 is 1.73 bits per heavy atom. The summed E-state index contributed by atoms with van der Waals surface area (Å²) in [6.07, 6.45) is 3.21. The molecule has 2 aromatic rings. The fourth-order valence-corrected chi connectivity index (χ4v) is 1.62. The number of carboxylic acid groups (broad SMARTS) is 1. The summed E-state index contributed by atoms with van der Waals surface area (Å²) in [6.45, 7) is 3.02. The van der Waals surface area contributed by atoms with Crippen molar-refractivity contribution in [2.24, 2.45) is 0 Å². The first kappa shape index (κ1) is 17.5. The minimum absolute atomic E-state index is 0.339. The molecule has 0 unspecified atom stereocenters. The highest BCUT2D eigenvalue weighted by Crippen LogP contribution is 2.22. The van der Waals surface area contributed by atoms with Gasteiger partial charge in [-0.05, 0) is 36.8 Å². The topological polar surface area (TPSA) is 91.3 Å². The van der Waals surface area contributed by atoms with E-state index < -0.39 is 5.97 Å². The van der Waals surface area contributed by atoms with Gasteiger partial charge >= 0.3 is 6.03 Å². The fourth-order valence-electron chi connectivity index (χ4n) is 1.45. The smallest absolute Gasteiger partial charge is 0.323 e. The molecule has 0 fully saturated rings. The van der Waals surface area contributed by atoms with Crippen molar-refractivity contribution in [3.63, 3.8) is 0 Å². The largest absolute Gasteiger partial charge is 0.481 e. The molecule has 116 valence electrons. The monoisotopic (exact) mass is 321 g/mol. The van der Waals surface area contributed by atoms with E-state index in [9.17, 15) is 4.79 Å². The number of anilines is 2. The van der Waals surface area contributed by atoms with Crippen molar-refractivity contribution in [3.8, 4) is 0 Å². The molecule has 3 N–H and O–H groups in total. The maximum absolute atomic E-state index is 11.7. The van der Waals surface area contributed by atoms with Crippen LogP contribution >= 0.6 is 11.6 Å². The fraction of sp³-hybridized carbons (Fsp3) is 0.133. The van der Waals surface area contributed by atoms with Gasteiger partial charge in [0.25, 0.3) is 5.97 Å². The molecule has 0 aliphatic rings. The molecule has 0 aliphatic heterocycles. The minimum Gasteiger partial charge on any atom is -0.481 e. The first-order chi connectivity index (χ1) is 10.4. The van der Waals surface area contributed by atoms with Crippen molar-refractivity contribution in [3.05, 3.63) is 53.3 Å². The lowest BCUT2D eigenvalue weighted by Gasteiger charge is -2.09. The number of hydrogen-bond donors (Lipinski definition) is 3. The molecule has 0 aliphatic carbocycles. The molecule has 0 atom stereocenters. The number of nitrogens with one attached hydrogen (secondary N) is 2. The second kappa shape index (κ2) is 8.63. The summed E-state index contributed by atoms with van der Waals surface area (Å²) in [7, 11) is 0. The van der Waals surface area contributed by atoms with Crippen LogP contribution in [0.25, 0.3) is 0 Å². The molecule has 2 amide bonds. The lowest BCUT2D eigenvalue weighted by molar-refractivity contribution is -0.134. The SMILES string of the molecule is CC(=O)O.Cc1ccc(Cl)c(NC(=O)Nc2ccncc2)c1. The molecule has 0 bridgehead atoms. The highest BCUT2D eigenvalue weighted by Gasteiger charge is 2.05. The van der Waals surface area contributed by atoms with Crippen LogP contribution in [0.15, 0.2) is 42.7 Å². The van der Waals surface area contributed by atoms with E-state index in [1.807, 2.05) is 19.1 Å². The summed E-state index contributed by atoms with van der Waals surface area (Å²) in [5.74, 6) is -0.833. The van der Waals surface area contributed by atoms with E-state index in [1.165, 1.54) is 0 Å². The second-order valence-corrected chi connectivity index (χ2v) is 4.72. The average molecular weight is 322 g/mol. The minimum atomic E-state index is -0.833. The third kappa shape index (κ3) is 6.71. The number of urea groups is 1. The van der Waals surface area contributed by atoms with Crippen molar-refractivity contribution in [1.29, 1.82) is 0 Å². The number of carboxylic acids is 1. The van der Waals surface area contributed by atoms with Crippen LogP contribution in [0.2, 0.25) is 5.02 Å². The van der Waals surface area contributed by atoms with E-state index in [4.69, 9.17) is 21.5 Å². The van der Waals surface area contributed by atoms with Gasteiger partial charge in [-0.25, -0.2) is 4.79 Å². The van der Waals surface area contributed by atoms with E-state index in [2.05, 4.69) is 15.6 Å². The average Bonchev–Trinajstić information content (AvgIpc) is 2.43. The molecule has 7 heteroatoms. The van der Waals surface area contributed by atoms with E-state index >= 15 is 0 Å². The van der Waals surface area contributed by atoms with Gasteiger partial charge in [0.15, 0.2) is 0 Å². The summed E-state index contributed by atoms with van der Waals surface area (Å²) in [5, 5.41) is 13.3. The number of benzene rings is 1. The predicted molar refractivity (Wildman–Crippen MR) is 86.4 cm³/mol. The standard InChI is InChI=1S/C13H12ClN3O.C2H4O2/c1-9-2-3-11(14)12(8-9)17-13(18)16-10-4-6-15-7-5-10;1-2(3)4/h2-8H,1H3,(H2,15,16,17,18);1H3,(H,3,4). The van der Waals surface area contributed by atoms with E-state index in [0.29, 0.717) is 16.4 Å². The lowest BCUT2D eigenvalue weighted by Crippen LogP contribution is -2.19. The Morgan fingerprint density at radius 3 is 2.32 bits per heavy atom. The van der Waals surface area contributed by atoms with Gasteiger partial charge in [0.05, 0.1) is 10.7 Å². The summed E-state index contributed by atoms with van der Waals surface area (Å²) < 4.78 is 0. The molecule has 0 saturated heterocycles. The summed E-state index contributed by atoms with van der Waals surface area (Å²) in [5.41, 5.74) is 2.29. The predicted octanol–water partition coefficient (Wildman–Crippen LogP) is 3.78. The van der Waals surface area contributed by atoms with Gasteiger partial charge < -0.3 is 15.7 Å². The van der Waals surface area contributed by atoms with Gasteiger partial charge in [0.2, 0.25) is 0 Å². The molecular formula is C15H16ClN3O3. The number of aryl methyl sites for hydroxylation is 1. The number of amides is 2. The van der Waals surface area contributed by atoms with E-state index in [1.54, 1.807) is 30.6 Å². The number of aliphatic carboxylic acids is 1. The molecule has 0 radical (unpaired) electrons. The number of carbonyl (C=O) groups is 2. The molecule has 0 spiro atoms. The first-order valence-corrected chi connectivity index (χ1v) is 6.70. The molecule has 2 rings (SSSR count). The second-order valence-electron chi connectivity index (χ2n) is 4.32. The quantitative estimate of drug-likeness (QED) is 0.785. The molecule has 1 aromatic heterocycles. The Hall–Kier alpha value is -2.60. The molecular weight excluding hydrogens is 306 g/mol. The van der Waals surface area contributed by atoms with Gasteiger partial charge in [-0.15, -0.1) is 0 Å². The Labute approximate surface area is 133 Å². The zero-order chi connectivity index (χ0) is 16.5. The number of nitrogens with zero attached hydrogens (tertiary/aromatic N) is 1. The Morgan fingerprint density at radius 1 is 1.14 bits per heavy atom. The number of rotatable bonds is 2. The number of hydrogen-bond acceptors (Lipinski definition) is 3. The Bertz CT molecular complexity index is 644. The van der Waals surface area contributed by atoms with Crippen molar-refractivity contribution in [2.45, 2.75) is 13.8 Å². The van der Waals surface area contributed by atoms with Crippen LogP contribution < -0.4 is 10.6 Å². The maximum atomic E-state index is 11.7. The van der Waals surface area contributed by atoms with Crippen molar-refractivity contribution in [2.75, 3.05) is 10.6 Å². The molecule has 0 saturated carbocycles. The first-order valence-electron chi connectivity index (χ1n) is 6.32. The molecule has 1 heterocycles.